The third kappa shape index (κ3) is 65.4. The summed E-state index contributed by atoms with van der Waals surface area (Å²) in [4.78, 5) is 19.1. The fourth-order valence-electron chi connectivity index (χ4n) is 0.726. The van der Waals surface area contributed by atoms with Crippen molar-refractivity contribution < 1.29 is 50.4 Å². The van der Waals surface area contributed by atoms with Crippen LogP contribution in [-0.2, 0) is 9.59 Å². The van der Waals surface area contributed by atoms with Gasteiger partial charge in [-0.1, -0.05) is 0 Å². The highest BCUT2D eigenvalue weighted by Crippen LogP contribution is 2.25. The van der Waals surface area contributed by atoms with Gasteiger partial charge in [0, 0.05) is 24.7 Å². The van der Waals surface area contributed by atoms with E-state index >= 15 is 0 Å². The van der Waals surface area contributed by atoms with Gasteiger partial charge in [-0.3, -0.25) is 9.59 Å². The predicted octanol–water partition coefficient (Wildman–Crippen LogP) is 0.170. The zero-order valence-corrected chi connectivity index (χ0v) is 20.0. The molecule has 0 spiro atoms. The van der Waals surface area contributed by atoms with Gasteiger partial charge < -0.3 is 40.9 Å². The fraction of sp³-hybridized carbons (Fsp3) is 0.857. The molecule has 0 rings (SSSR count). The van der Waals surface area contributed by atoms with Gasteiger partial charge in [-0.2, -0.15) is 37.0 Å². The van der Waals surface area contributed by atoms with Crippen molar-refractivity contribution in [1.82, 2.24) is 0 Å². The molecular formula is C14H32O10S5. The zero-order chi connectivity index (χ0) is 23.5. The molecule has 15 heteroatoms. The van der Waals surface area contributed by atoms with E-state index in [0.29, 0.717) is 33.1 Å². The molecule has 0 aromatic carbocycles. The maximum Gasteiger partial charge on any atom is 0.304 e. The van der Waals surface area contributed by atoms with Gasteiger partial charge in [0.25, 0.3) is 0 Å². The van der Waals surface area contributed by atoms with Crippen molar-refractivity contribution in [3.05, 3.63) is 0 Å². The molecule has 8 N–H and O–H groups in total. The van der Waals surface area contributed by atoms with Gasteiger partial charge in [0.2, 0.25) is 11.2 Å². The van der Waals surface area contributed by atoms with Crippen molar-refractivity contribution in [2.75, 3.05) is 36.2 Å². The summed E-state index contributed by atoms with van der Waals surface area (Å²) < 4.78 is 0. The van der Waals surface area contributed by atoms with Crippen molar-refractivity contribution >= 4 is 70.5 Å². The molecule has 0 unspecified atom stereocenters. The maximum absolute atomic E-state index is 9.55. The van der Waals surface area contributed by atoms with Crippen molar-refractivity contribution in [1.29, 1.82) is 0 Å². The fourth-order valence-corrected chi connectivity index (χ4v) is 2.77. The van der Waals surface area contributed by atoms with Gasteiger partial charge in [-0.05, 0) is 45.9 Å². The highest BCUT2D eigenvalue weighted by molar-refractivity contribution is 8.76. The molecule has 0 radical (unpaired) electrons. The van der Waals surface area contributed by atoms with E-state index in [1.165, 1.54) is 0 Å². The lowest BCUT2D eigenvalue weighted by molar-refractivity contribution is -0.137. The van der Waals surface area contributed by atoms with Crippen LogP contribution in [-0.4, -0.2) is 100 Å². The van der Waals surface area contributed by atoms with Crippen LogP contribution in [0.2, 0.25) is 0 Å². The second kappa shape index (κ2) is 33.1. The van der Waals surface area contributed by atoms with Crippen LogP contribution in [0.25, 0.3) is 0 Å². The Kier molecular flexibility index (Phi) is 42.0. The van der Waals surface area contributed by atoms with Crippen LogP contribution in [0, 0.1) is 0 Å². The summed E-state index contributed by atoms with van der Waals surface area (Å²) >= 11 is 9.14. The number of carbonyl (C=O) groups is 2. The Balaban J connectivity index is -0.000000146. The SMILES string of the molecule is O=C(O)CCS.O=C(O)CCS.OC(O)SSC(O)O.OCCCSCCCO. The number of hydrogen-bond acceptors (Lipinski definition) is 13. The summed E-state index contributed by atoms with van der Waals surface area (Å²) in [5, 5.41) is 64.8. The number of carboxylic acids is 2. The van der Waals surface area contributed by atoms with E-state index in [2.05, 4.69) is 25.3 Å². The number of thioether (sulfide) groups is 1. The minimum absolute atomic E-state index is 0.156. The molecule has 0 aromatic heterocycles. The first-order valence-corrected chi connectivity index (χ1v) is 12.8. The zero-order valence-electron chi connectivity index (χ0n) is 15.7. The average molecular weight is 521 g/mol. The summed E-state index contributed by atoms with van der Waals surface area (Å²) in [6.45, 7) is 0.568. The number of hydrogen-bond donors (Lipinski definition) is 10. The molecule has 0 aliphatic rings. The Morgan fingerprint density at radius 3 is 1.17 bits per heavy atom. The molecule has 0 saturated heterocycles. The van der Waals surface area contributed by atoms with Crippen LogP contribution < -0.4 is 0 Å². The molecule has 0 fully saturated rings. The standard InChI is InChI=1S/C6H14O2S.2C3H6O2S.C2H6O4S2/c7-3-1-5-9-6-2-4-8;2*4-3(5)1-2-6;3-1(4)7-8-2(5)6/h7-8H,1-6H2;2*6H,1-2H2,(H,4,5);1-6H. The van der Waals surface area contributed by atoms with Crippen LogP contribution >= 0.6 is 58.6 Å². The van der Waals surface area contributed by atoms with E-state index in [-0.39, 0.29) is 26.1 Å². The Morgan fingerprint density at radius 1 is 0.724 bits per heavy atom. The van der Waals surface area contributed by atoms with Crippen LogP contribution in [0.3, 0.4) is 0 Å². The molecule has 0 heterocycles. The average Bonchev–Trinajstić information content (AvgIpc) is 2.61. The largest absolute Gasteiger partial charge is 0.481 e. The molecule has 0 bridgehead atoms. The van der Waals surface area contributed by atoms with Crippen LogP contribution in [0.4, 0.5) is 0 Å². The maximum atomic E-state index is 9.55. The van der Waals surface area contributed by atoms with E-state index in [1.54, 1.807) is 11.8 Å². The Bertz CT molecular complexity index is 308. The van der Waals surface area contributed by atoms with E-state index in [4.69, 9.17) is 40.9 Å². The summed E-state index contributed by atoms with van der Waals surface area (Å²) in [6, 6.07) is 0. The third-order valence-corrected chi connectivity index (χ3v) is 5.20. The first kappa shape index (κ1) is 36.8. The molecule has 0 saturated carbocycles. The molecule has 0 amide bonds. The number of aliphatic hydroxyl groups excluding tert-OH is 4. The van der Waals surface area contributed by atoms with Gasteiger partial charge in [-0.25, -0.2) is 0 Å². The number of aliphatic carboxylic acids is 2. The van der Waals surface area contributed by atoms with Crippen LogP contribution in [0.15, 0.2) is 0 Å². The van der Waals surface area contributed by atoms with Gasteiger partial charge >= 0.3 is 11.9 Å². The number of thiol groups is 2. The first-order chi connectivity index (χ1) is 13.6. The quantitative estimate of drug-likeness (QED) is 0.0683. The Morgan fingerprint density at radius 2 is 1.03 bits per heavy atom. The second-order valence-corrected chi connectivity index (χ2v) is 8.85. The highest BCUT2D eigenvalue weighted by atomic mass is 33.1. The van der Waals surface area contributed by atoms with Crippen molar-refractivity contribution in [2.45, 2.75) is 36.9 Å². The molecule has 0 aliphatic heterocycles. The minimum atomic E-state index is -1.55. The number of aliphatic hydroxyl groups is 6. The minimum Gasteiger partial charge on any atom is -0.481 e. The monoisotopic (exact) mass is 520 g/mol. The molecule has 0 aromatic rings. The lowest BCUT2D eigenvalue weighted by atomic mass is 10.5. The van der Waals surface area contributed by atoms with Crippen molar-refractivity contribution in [2.24, 2.45) is 0 Å². The lowest BCUT2D eigenvalue weighted by Gasteiger charge is -2.01. The van der Waals surface area contributed by atoms with E-state index in [1.807, 2.05) is 0 Å². The van der Waals surface area contributed by atoms with Gasteiger partial charge in [0.15, 0.2) is 0 Å². The first-order valence-electron chi connectivity index (χ1n) is 8.08. The molecule has 178 valence electrons. The highest BCUT2D eigenvalue weighted by Gasteiger charge is 2.02. The van der Waals surface area contributed by atoms with Crippen molar-refractivity contribution in [3.63, 3.8) is 0 Å². The van der Waals surface area contributed by atoms with Crippen LogP contribution in [0.5, 0.6) is 0 Å². The third-order valence-electron chi connectivity index (χ3n) is 1.77. The van der Waals surface area contributed by atoms with E-state index < -0.39 is 23.2 Å². The molecular weight excluding hydrogens is 488 g/mol. The van der Waals surface area contributed by atoms with Gasteiger partial charge in [0.05, 0.1) is 12.8 Å². The predicted molar refractivity (Wildman–Crippen MR) is 125 cm³/mol. The smallest absolute Gasteiger partial charge is 0.304 e. The molecule has 0 atom stereocenters. The Labute approximate surface area is 193 Å². The Hall–Kier alpha value is 0.450. The lowest BCUT2D eigenvalue weighted by Crippen LogP contribution is -1.99. The molecule has 0 aliphatic carbocycles. The summed E-state index contributed by atoms with van der Waals surface area (Å²) in [5.74, 6) is 1.30. The van der Waals surface area contributed by atoms with Gasteiger partial charge in [0.1, 0.15) is 0 Å². The summed E-state index contributed by atoms with van der Waals surface area (Å²) in [5.41, 5.74) is -3.11. The number of rotatable bonds is 13. The van der Waals surface area contributed by atoms with E-state index in [9.17, 15) is 9.59 Å². The van der Waals surface area contributed by atoms with Crippen LogP contribution in [0.1, 0.15) is 25.7 Å². The molecule has 29 heavy (non-hydrogen) atoms. The van der Waals surface area contributed by atoms with Gasteiger partial charge in [-0.15, -0.1) is 0 Å². The van der Waals surface area contributed by atoms with Crippen molar-refractivity contribution in [3.8, 4) is 0 Å². The summed E-state index contributed by atoms with van der Waals surface area (Å²) in [6.07, 6.45) is 2.05. The normalized spacial score (nSPS) is 9.59. The number of carboxylic acid groups (broad SMARTS) is 2. The topological polar surface area (TPSA) is 196 Å². The second-order valence-electron chi connectivity index (χ2n) is 4.35. The van der Waals surface area contributed by atoms with E-state index in [0.717, 1.165) is 24.3 Å². The molecule has 10 nitrogen and oxygen atoms in total. The summed E-state index contributed by atoms with van der Waals surface area (Å²) in [7, 11) is 1.13.